The summed E-state index contributed by atoms with van der Waals surface area (Å²) in [6.07, 6.45) is 2.53. The number of carbonyl (C=O) groups is 1. The van der Waals surface area contributed by atoms with Crippen molar-refractivity contribution < 1.29 is 9.32 Å². The van der Waals surface area contributed by atoms with E-state index in [0.717, 1.165) is 29.9 Å². The van der Waals surface area contributed by atoms with Crippen molar-refractivity contribution in [2.45, 2.75) is 46.1 Å². The van der Waals surface area contributed by atoms with Gasteiger partial charge in [0.05, 0.1) is 5.69 Å². The number of nitrogens with zero attached hydrogens (tertiary/aromatic N) is 1. The van der Waals surface area contributed by atoms with Crippen LogP contribution in [0.3, 0.4) is 0 Å². The Morgan fingerprint density at radius 2 is 1.95 bits per heavy atom. The highest BCUT2D eigenvalue weighted by Crippen LogP contribution is 2.22. The molecule has 1 N–H and O–H groups in total. The number of fused-ring (bicyclic) bond motifs is 1. The van der Waals surface area contributed by atoms with E-state index >= 15 is 0 Å². The highest BCUT2D eigenvalue weighted by Gasteiger charge is 2.25. The molecule has 1 heterocycles. The Bertz CT molecular complexity index is 646. The molecule has 0 saturated heterocycles. The average molecular weight is 298 g/mol. The summed E-state index contributed by atoms with van der Waals surface area (Å²) >= 11 is 0. The molecule has 116 valence electrons. The zero-order chi connectivity index (χ0) is 15.7. The first-order valence-corrected chi connectivity index (χ1v) is 7.83. The second kappa shape index (κ2) is 5.95. The molecule has 0 saturated carbocycles. The summed E-state index contributed by atoms with van der Waals surface area (Å²) in [5.74, 6) is 0.837. The number of rotatable bonds is 4. The van der Waals surface area contributed by atoms with Gasteiger partial charge in [0, 0.05) is 17.5 Å². The third kappa shape index (κ3) is 2.91. The van der Waals surface area contributed by atoms with Gasteiger partial charge in [0.1, 0.15) is 5.76 Å². The van der Waals surface area contributed by atoms with E-state index in [-0.39, 0.29) is 17.9 Å². The predicted octanol–water partition coefficient (Wildman–Crippen LogP) is 2.75. The Morgan fingerprint density at radius 3 is 2.50 bits per heavy atom. The van der Waals surface area contributed by atoms with Gasteiger partial charge in [-0.1, -0.05) is 36.3 Å². The molecule has 1 aliphatic rings. The van der Waals surface area contributed by atoms with E-state index in [1.807, 2.05) is 20.8 Å². The van der Waals surface area contributed by atoms with Crippen LogP contribution in [0.2, 0.25) is 0 Å². The van der Waals surface area contributed by atoms with E-state index in [4.69, 9.17) is 4.52 Å². The van der Waals surface area contributed by atoms with Crippen molar-refractivity contribution in [3.63, 3.8) is 0 Å². The van der Waals surface area contributed by atoms with E-state index in [2.05, 4.69) is 34.7 Å². The topological polar surface area (TPSA) is 55.1 Å². The smallest absolute Gasteiger partial charge is 0.223 e. The van der Waals surface area contributed by atoms with E-state index in [1.165, 1.54) is 11.1 Å². The van der Waals surface area contributed by atoms with Crippen LogP contribution in [0, 0.1) is 19.8 Å². The minimum absolute atomic E-state index is 0.0829. The van der Waals surface area contributed by atoms with Gasteiger partial charge in [0.15, 0.2) is 0 Å². The molecule has 0 fully saturated rings. The number of carbonyl (C=O) groups excluding carboxylic acids is 1. The van der Waals surface area contributed by atoms with Gasteiger partial charge in [-0.05, 0) is 44.2 Å². The SMILES string of the molecule is Cc1noc(C)c1C[C@H](C)C(=O)NC1Cc2ccccc2C1. The molecule has 4 heteroatoms. The molecule has 0 radical (unpaired) electrons. The number of amides is 1. The molecule has 0 bridgehead atoms. The molecule has 3 rings (SSSR count). The molecule has 0 spiro atoms. The maximum atomic E-state index is 12.4. The van der Waals surface area contributed by atoms with Crippen LogP contribution in [-0.4, -0.2) is 17.1 Å². The largest absolute Gasteiger partial charge is 0.361 e. The third-order valence-corrected chi connectivity index (χ3v) is 4.54. The second-order valence-corrected chi connectivity index (χ2v) is 6.29. The van der Waals surface area contributed by atoms with Crippen LogP contribution in [0.4, 0.5) is 0 Å². The standard InChI is InChI=1S/C18H22N2O2/c1-11(8-17-12(2)20-22-13(17)3)18(21)19-16-9-14-6-4-5-7-15(14)10-16/h4-7,11,16H,8-10H2,1-3H3,(H,19,21)/t11-/m0/s1. The van der Waals surface area contributed by atoms with Gasteiger partial charge in [0.25, 0.3) is 0 Å². The van der Waals surface area contributed by atoms with E-state index < -0.39 is 0 Å². The summed E-state index contributed by atoms with van der Waals surface area (Å²) in [6.45, 7) is 5.78. The van der Waals surface area contributed by atoms with Crippen molar-refractivity contribution in [2.75, 3.05) is 0 Å². The van der Waals surface area contributed by atoms with Crippen LogP contribution in [0.1, 0.15) is 35.1 Å². The maximum absolute atomic E-state index is 12.4. The molecular formula is C18H22N2O2. The van der Waals surface area contributed by atoms with Crippen LogP contribution < -0.4 is 5.32 Å². The maximum Gasteiger partial charge on any atom is 0.223 e. The second-order valence-electron chi connectivity index (χ2n) is 6.29. The summed E-state index contributed by atoms with van der Waals surface area (Å²) < 4.78 is 5.17. The molecule has 1 aromatic heterocycles. The molecule has 1 atom stereocenters. The lowest BCUT2D eigenvalue weighted by atomic mass is 9.98. The molecule has 1 aliphatic carbocycles. The van der Waals surface area contributed by atoms with Crippen LogP contribution in [0.5, 0.6) is 0 Å². The Kier molecular flexibility index (Phi) is 4.01. The van der Waals surface area contributed by atoms with Crippen molar-refractivity contribution in [1.82, 2.24) is 10.5 Å². The molecule has 4 nitrogen and oxygen atoms in total. The lowest BCUT2D eigenvalue weighted by Gasteiger charge is -2.16. The number of aryl methyl sites for hydroxylation is 2. The normalized spacial score (nSPS) is 15.6. The molecule has 22 heavy (non-hydrogen) atoms. The lowest BCUT2D eigenvalue weighted by molar-refractivity contribution is -0.125. The molecule has 1 amide bonds. The summed E-state index contributed by atoms with van der Waals surface area (Å²) in [6, 6.07) is 8.63. The van der Waals surface area contributed by atoms with Crippen LogP contribution in [0.15, 0.2) is 28.8 Å². The van der Waals surface area contributed by atoms with Gasteiger partial charge >= 0.3 is 0 Å². The molecular weight excluding hydrogens is 276 g/mol. The fourth-order valence-corrected chi connectivity index (χ4v) is 3.20. The van der Waals surface area contributed by atoms with Gasteiger partial charge in [-0.15, -0.1) is 0 Å². The summed E-state index contributed by atoms with van der Waals surface area (Å²) in [5, 5.41) is 7.14. The average Bonchev–Trinajstić information content (AvgIpc) is 3.04. The number of benzene rings is 1. The Hall–Kier alpha value is -2.10. The Labute approximate surface area is 130 Å². The van der Waals surface area contributed by atoms with Crippen molar-refractivity contribution in [3.05, 3.63) is 52.4 Å². The molecule has 0 aliphatic heterocycles. The monoisotopic (exact) mass is 298 g/mol. The van der Waals surface area contributed by atoms with Gasteiger partial charge in [-0.2, -0.15) is 0 Å². The first-order valence-electron chi connectivity index (χ1n) is 7.83. The van der Waals surface area contributed by atoms with Gasteiger partial charge < -0.3 is 9.84 Å². The summed E-state index contributed by atoms with van der Waals surface area (Å²) in [4.78, 5) is 12.4. The first kappa shape index (κ1) is 14.8. The van der Waals surface area contributed by atoms with E-state index in [1.54, 1.807) is 0 Å². The van der Waals surface area contributed by atoms with Crippen LogP contribution >= 0.6 is 0 Å². The molecule has 1 aromatic carbocycles. The van der Waals surface area contributed by atoms with Crippen molar-refractivity contribution in [2.24, 2.45) is 5.92 Å². The van der Waals surface area contributed by atoms with E-state index in [0.29, 0.717) is 6.42 Å². The minimum Gasteiger partial charge on any atom is -0.361 e. The third-order valence-electron chi connectivity index (χ3n) is 4.54. The first-order chi connectivity index (χ1) is 10.5. The van der Waals surface area contributed by atoms with Gasteiger partial charge in [-0.25, -0.2) is 0 Å². The molecule has 0 unspecified atom stereocenters. The Morgan fingerprint density at radius 1 is 1.32 bits per heavy atom. The highest BCUT2D eigenvalue weighted by molar-refractivity contribution is 5.79. The highest BCUT2D eigenvalue weighted by atomic mass is 16.5. The number of aromatic nitrogens is 1. The van der Waals surface area contributed by atoms with Crippen molar-refractivity contribution in [3.8, 4) is 0 Å². The van der Waals surface area contributed by atoms with Crippen molar-refractivity contribution >= 4 is 5.91 Å². The zero-order valence-corrected chi connectivity index (χ0v) is 13.3. The quantitative estimate of drug-likeness (QED) is 0.944. The van der Waals surface area contributed by atoms with E-state index in [9.17, 15) is 4.79 Å². The van der Waals surface area contributed by atoms with Crippen molar-refractivity contribution in [1.29, 1.82) is 0 Å². The molecule has 2 aromatic rings. The minimum atomic E-state index is -0.0829. The van der Waals surface area contributed by atoms with Crippen LogP contribution in [0.25, 0.3) is 0 Å². The summed E-state index contributed by atoms with van der Waals surface area (Å²) in [5.41, 5.74) is 4.64. The van der Waals surface area contributed by atoms with Gasteiger partial charge in [0.2, 0.25) is 5.91 Å². The number of hydrogen-bond donors (Lipinski definition) is 1. The number of nitrogens with one attached hydrogen (secondary N) is 1. The zero-order valence-electron chi connectivity index (χ0n) is 13.3. The fraction of sp³-hybridized carbons (Fsp3) is 0.444. The number of hydrogen-bond acceptors (Lipinski definition) is 3. The van der Waals surface area contributed by atoms with Gasteiger partial charge in [-0.3, -0.25) is 4.79 Å². The Balaban J connectivity index is 1.59. The van der Waals surface area contributed by atoms with Crippen LogP contribution in [-0.2, 0) is 24.1 Å². The fourth-order valence-electron chi connectivity index (χ4n) is 3.20. The lowest BCUT2D eigenvalue weighted by Crippen LogP contribution is -2.39. The summed E-state index contributed by atoms with van der Waals surface area (Å²) in [7, 11) is 0. The predicted molar refractivity (Wildman–Crippen MR) is 84.6 cm³/mol.